The van der Waals surface area contributed by atoms with Gasteiger partial charge in [0.1, 0.15) is 5.75 Å². The predicted octanol–water partition coefficient (Wildman–Crippen LogP) is 2.49. The molecule has 1 aromatic carbocycles. The van der Waals surface area contributed by atoms with Crippen LogP contribution in [0.15, 0.2) is 18.2 Å². The molecule has 1 radical (unpaired) electrons. The van der Waals surface area contributed by atoms with Crippen molar-refractivity contribution in [1.82, 2.24) is 0 Å². The number of ether oxygens (including phenoxy) is 1. The molecule has 1 fully saturated rings. The van der Waals surface area contributed by atoms with Gasteiger partial charge in [0.05, 0.1) is 7.11 Å². The first-order valence-corrected chi connectivity index (χ1v) is 5.21. The van der Waals surface area contributed by atoms with Crippen molar-refractivity contribution in [2.75, 3.05) is 25.1 Å². The predicted molar refractivity (Wildman–Crippen MR) is 57.9 cm³/mol. The van der Waals surface area contributed by atoms with Gasteiger partial charge in [-0.15, -0.1) is 0 Å². The topological polar surface area (TPSA) is 12.5 Å². The first-order chi connectivity index (χ1) is 6.90. The minimum absolute atomic E-state index is 0.921. The van der Waals surface area contributed by atoms with Crippen molar-refractivity contribution < 1.29 is 4.74 Å². The van der Waals surface area contributed by atoms with Crippen molar-refractivity contribution in [3.05, 3.63) is 24.3 Å². The summed E-state index contributed by atoms with van der Waals surface area (Å²) >= 11 is 0. The lowest BCUT2D eigenvalue weighted by Gasteiger charge is -2.28. The minimum Gasteiger partial charge on any atom is -0.497 e. The van der Waals surface area contributed by atoms with Crippen LogP contribution in [0.25, 0.3) is 0 Å². The van der Waals surface area contributed by atoms with E-state index in [1.165, 1.54) is 24.9 Å². The van der Waals surface area contributed by atoms with E-state index in [1.54, 1.807) is 7.11 Å². The number of hydrogen-bond donors (Lipinski definition) is 0. The van der Waals surface area contributed by atoms with Crippen LogP contribution in [0.5, 0.6) is 5.75 Å². The van der Waals surface area contributed by atoms with Crippen molar-refractivity contribution in [2.24, 2.45) is 0 Å². The summed E-state index contributed by atoms with van der Waals surface area (Å²) in [6.07, 6.45) is 3.95. The fourth-order valence-electron chi connectivity index (χ4n) is 1.88. The van der Waals surface area contributed by atoms with Gasteiger partial charge in [-0.3, -0.25) is 0 Å². The standard InChI is InChI=1S/C12H16NO/c1-14-12-7-5-6-11(10-12)13-8-3-2-4-9-13/h5,7,10H,2-4,8-9H2,1H3. The van der Waals surface area contributed by atoms with Gasteiger partial charge in [0.15, 0.2) is 0 Å². The number of benzene rings is 1. The number of nitrogens with zero attached hydrogens (tertiary/aromatic N) is 1. The molecule has 0 amide bonds. The smallest absolute Gasteiger partial charge is 0.120 e. The maximum Gasteiger partial charge on any atom is 0.120 e. The zero-order valence-corrected chi connectivity index (χ0v) is 8.62. The van der Waals surface area contributed by atoms with Crippen LogP contribution in [0, 0.1) is 6.07 Å². The quantitative estimate of drug-likeness (QED) is 0.710. The van der Waals surface area contributed by atoms with E-state index in [0.29, 0.717) is 0 Å². The molecule has 2 rings (SSSR count). The molecule has 0 aliphatic carbocycles. The van der Waals surface area contributed by atoms with Crippen LogP contribution >= 0.6 is 0 Å². The summed E-state index contributed by atoms with van der Waals surface area (Å²) in [5.74, 6) is 0.921. The molecule has 0 atom stereocenters. The highest BCUT2D eigenvalue weighted by Gasteiger charge is 2.11. The van der Waals surface area contributed by atoms with Crippen LogP contribution in [-0.2, 0) is 0 Å². The lowest BCUT2D eigenvalue weighted by molar-refractivity contribution is 0.414. The number of piperidine rings is 1. The summed E-state index contributed by atoms with van der Waals surface area (Å²) in [7, 11) is 1.70. The zero-order valence-electron chi connectivity index (χ0n) is 8.62. The fourth-order valence-corrected chi connectivity index (χ4v) is 1.88. The van der Waals surface area contributed by atoms with Gasteiger partial charge in [-0.2, -0.15) is 0 Å². The SMILES string of the molecule is COc1cc[c]c(N2CCCCC2)c1. The van der Waals surface area contributed by atoms with E-state index >= 15 is 0 Å². The maximum atomic E-state index is 5.20. The van der Waals surface area contributed by atoms with Crippen LogP contribution in [0.4, 0.5) is 5.69 Å². The number of anilines is 1. The fraction of sp³-hybridized carbons (Fsp3) is 0.500. The van der Waals surface area contributed by atoms with Crippen LogP contribution in [-0.4, -0.2) is 20.2 Å². The summed E-state index contributed by atoms with van der Waals surface area (Å²) in [5, 5.41) is 0. The van der Waals surface area contributed by atoms with Crippen molar-refractivity contribution in [3.8, 4) is 5.75 Å². The monoisotopic (exact) mass is 190 g/mol. The molecule has 1 aliphatic heterocycles. The normalized spacial score (nSPS) is 16.8. The highest BCUT2D eigenvalue weighted by molar-refractivity contribution is 5.49. The molecule has 0 bridgehead atoms. The molecule has 1 saturated heterocycles. The number of rotatable bonds is 2. The van der Waals surface area contributed by atoms with Gasteiger partial charge < -0.3 is 9.64 Å². The Labute approximate surface area is 85.5 Å². The molecule has 75 valence electrons. The summed E-state index contributed by atoms with van der Waals surface area (Å²) in [5.41, 5.74) is 1.17. The van der Waals surface area contributed by atoms with Crippen molar-refractivity contribution in [3.63, 3.8) is 0 Å². The molecule has 0 aromatic heterocycles. The average molecular weight is 190 g/mol. The van der Waals surface area contributed by atoms with Gasteiger partial charge in [-0.05, 0) is 31.4 Å². The van der Waals surface area contributed by atoms with E-state index in [2.05, 4.69) is 17.0 Å². The largest absolute Gasteiger partial charge is 0.497 e. The van der Waals surface area contributed by atoms with Crippen LogP contribution in [0.3, 0.4) is 0 Å². The van der Waals surface area contributed by atoms with Crippen LogP contribution in [0.1, 0.15) is 19.3 Å². The molecule has 1 heterocycles. The van der Waals surface area contributed by atoms with Crippen molar-refractivity contribution in [1.29, 1.82) is 0 Å². The van der Waals surface area contributed by atoms with Crippen molar-refractivity contribution in [2.45, 2.75) is 19.3 Å². The molecule has 2 nitrogen and oxygen atoms in total. The van der Waals surface area contributed by atoms with E-state index < -0.39 is 0 Å². The van der Waals surface area contributed by atoms with Crippen LogP contribution in [0.2, 0.25) is 0 Å². The molecular formula is C12H16NO. The third kappa shape index (κ3) is 2.00. The Bertz CT molecular complexity index is 292. The second kappa shape index (κ2) is 4.36. The van der Waals surface area contributed by atoms with Gasteiger partial charge in [0, 0.05) is 30.9 Å². The molecule has 1 aromatic rings. The van der Waals surface area contributed by atoms with Gasteiger partial charge in [0.25, 0.3) is 0 Å². The van der Waals surface area contributed by atoms with E-state index in [9.17, 15) is 0 Å². The van der Waals surface area contributed by atoms with Gasteiger partial charge in [-0.1, -0.05) is 0 Å². The van der Waals surface area contributed by atoms with E-state index in [1.807, 2.05) is 12.1 Å². The first-order valence-electron chi connectivity index (χ1n) is 5.21. The average Bonchev–Trinajstić information content (AvgIpc) is 2.30. The van der Waals surface area contributed by atoms with Crippen molar-refractivity contribution >= 4 is 5.69 Å². The molecule has 0 spiro atoms. The highest BCUT2D eigenvalue weighted by atomic mass is 16.5. The first kappa shape index (κ1) is 9.38. The van der Waals surface area contributed by atoms with Gasteiger partial charge >= 0.3 is 0 Å². The lowest BCUT2D eigenvalue weighted by atomic mass is 10.1. The number of hydrogen-bond acceptors (Lipinski definition) is 2. The Morgan fingerprint density at radius 1 is 1.29 bits per heavy atom. The van der Waals surface area contributed by atoms with E-state index in [0.717, 1.165) is 18.8 Å². The molecule has 0 saturated carbocycles. The Hall–Kier alpha value is -1.18. The number of methoxy groups -OCH3 is 1. The summed E-state index contributed by atoms with van der Waals surface area (Å²) < 4.78 is 5.20. The second-order valence-corrected chi connectivity index (χ2v) is 3.66. The Balaban J connectivity index is 2.13. The second-order valence-electron chi connectivity index (χ2n) is 3.66. The maximum absolute atomic E-state index is 5.20. The molecule has 0 N–H and O–H groups in total. The third-order valence-electron chi connectivity index (χ3n) is 2.69. The zero-order chi connectivity index (χ0) is 9.80. The highest BCUT2D eigenvalue weighted by Crippen LogP contribution is 2.23. The molecule has 0 unspecified atom stereocenters. The lowest BCUT2D eigenvalue weighted by Crippen LogP contribution is -2.29. The molecule has 2 heteroatoms. The Morgan fingerprint density at radius 2 is 2.07 bits per heavy atom. The molecular weight excluding hydrogens is 174 g/mol. The van der Waals surface area contributed by atoms with Gasteiger partial charge in [0.2, 0.25) is 0 Å². The molecule has 1 aliphatic rings. The molecule has 14 heavy (non-hydrogen) atoms. The van der Waals surface area contributed by atoms with E-state index in [4.69, 9.17) is 4.74 Å². The van der Waals surface area contributed by atoms with Crippen LogP contribution < -0.4 is 9.64 Å². The summed E-state index contributed by atoms with van der Waals surface area (Å²) in [4.78, 5) is 2.38. The minimum atomic E-state index is 0.921. The summed E-state index contributed by atoms with van der Waals surface area (Å²) in [6.45, 7) is 2.31. The summed E-state index contributed by atoms with van der Waals surface area (Å²) in [6, 6.07) is 9.19. The Morgan fingerprint density at radius 3 is 2.79 bits per heavy atom. The Kier molecular flexibility index (Phi) is 2.92. The van der Waals surface area contributed by atoms with Gasteiger partial charge in [-0.25, -0.2) is 0 Å². The third-order valence-corrected chi connectivity index (χ3v) is 2.69. The van der Waals surface area contributed by atoms with E-state index in [-0.39, 0.29) is 0 Å².